The third-order valence-electron chi connectivity index (χ3n) is 3.59. The summed E-state index contributed by atoms with van der Waals surface area (Å²) in [6.45, 7) is 4.27. The molecule has 1 amide bonds. The molecule has 2 heterocycles. The van der Waals surface area contributed by atoms with Gasteiger partial charge in [-0.25, -0.2) is 0 Å². The van der Waals surface area contributed by atoms with Crippen molar-refractivity contribution in [3.8, 4) is 0 Å². The molecule has 0 spiro atoms. The molecule has 0 aromatic carbocycles. The van der Waals surface area contributed by atoms with Gasteiger partial charge < -0.3 is 14.2 Å². The molecule has 4 nitrogen and oxygen atoms in total. The van der Waals surface area contributed by atoms with Crippen LogP contribution >= 0.6 is 0 Å². The Labute approximate surface area is 109 Å². The number of rotatable bonds is 4. The van der Waals surface area contributed by atoms with E-state index < -0.39 is 0 Å². The van der Waals surface area contributed by atoms with Crippen molar-refractivity contribution in [2.24, 2.45) is 7.05 Å². The van der Waals surface area contributed by atoms with Crippen LogP contribution in [0.25, 0.3) is 0 Å². The van der Waals surface area contributed by atoms with Gasteiger partial charge in [0.05, 0.1) is 12.7 Å². The molecule has 0 unspecified atom stereocenters. The number of ether oxygens (including phenoxy) is 1. The summed E-state index contributed by atoms with van der Waals surface area (Å²) in [5.74, 6) is 0.248. The van der Waals surface area contributed by atoms with Gasteiger partial charge in [-0.1, -0.05) is 6.92 Å². The van der Waals surface area contributed by atoms with E-state index in [2.05, 4.69) is 17.6 Å². The van der Waals surface area contributed by atoms with E-state index in [1.165, 1.54) is 5.69 Å². The number of amides is 1. The second-order valence-corrected chi connectivity index (χ2v) is 4.85. The first-order chi connectivity index (χ1) is 8.70. The van der Waals surface area contributed by atoms with Crippen molar-refractivity contribution in [3.63, 3.8) is 0 Å². The van der Waals surface area contributed by atoms with E-state index in [0.717, 1.165) is 25.9 Å². The van der Waals surface area contributed by atoms with Crippen LogP contribution in [-0.4, -0.2) is 41.2 Å². The van der Waals surface area contributed by atoms with Gasteiger partial charge in [0.2, 0.25) is 5.91 Å². The summed E-state index contributed by atoms with van der Waals surface area (Å²) in [6.07, 6.45) is 4.62. The summed E-state index contributed by atoms with van der Waals surface area (Å²) in [5.41, 5.74) is 1.21. The van der Waals surface area contributed by atoms with Gasteiger partial charge in [0.15, 0.2) is 0 Å². The zero-order chi connectivity index (χ0) is 13.0. The lowest BCUT2D eigenvalue weighted by Gasteiger charge is -2.32. The fourth-order valence-corrected chi connectivity index (χ4v) is 2.34. The number of nitrogens with zero attached hydrogens (tertiary/aromatic N) is 2. The Morgan fingerprint density at radius 2 is 2.39 bits per heavy atom. The predicted octanol–water partition coefficient (Wildman–Crippen LogP) is 1.60. The first-order valence-corrected chi connectivity index (χ1v) is 6.70. The molecule has 100 valence electrons. The highest BCUT2D eigenvalue weighted by Crippen LogP contribution is 2.11. The zero-order valence-corrected chi connectivity index (χ0v) is 11.3. The Morgan fingerprint density at radius 1 is 1.56 bits per heavy atom. The lowest BCUT2D eigenvalue weighted by molar-refractivity contribution is -0.138. The highest BCUT2D eigenvalue weighted by molar-refractivity contribution is 5.76. The van der Waals surface area contributed by atoms with Crippen LogP contribution in [0.15, 0.2) is 18.3 Å². The largest absolute Gasteiger partial charge is 0.375 e. The van der Waals surface area contributed by atoms with Crippen LogP contribution in [0.1, 0.15) is 25.5 Å². The number of aromatic nitrogens is 1. The summed E-state index contributed by atoms with van der Waals surface area (Å²) in [7, 11) is 2.02. The van der Waals surface area contributed by atoms with Crippen molar-refractivity contribution in [1.82, 2.24) is 9.47 Å². The summed E-state index contributed by atoms with van der Waals surface area (Å²) in [4.78, 5) is 14.1. The van der Waals surface area contributed by atoms with Crippen molar-refractivity contribution < 1.29 is 9.53 Å². The average molecular weight is 250 g/mol. The monoisotopic (exact) mass is 250 g/mol. The standard InChI is InChI=1S/C14H22N2O2/c1-3-13-11-16(9-10-18-13)14(17)7-6-12-5-4-8-15(12)2/h4-5,8,13H,3,6-7,9-11H2,1-2H3/t13-/m1/s1. The maximum atomic E-state index is 12.1. The highest BCUT2D eigenvalue weighted by atomic mass is 16.5. The van der Waals surface area contributed by atoms with E-state index in [9.17, 15) is 4.79 Å². The zero-order valence-electron chi connectivity index (χ0n) is 11.3. The van der Waals surface area contributed by atoms with Gasteiger partial charge in [0, 0.05) is 38.4 Å². The van der Waals surface area contributed by atoms with Crippen LogP contribution in [-0.2, 0) is 23.0 Å². The normalized spacial score (nSPS) is 20.1. The topological polar surface area (TPSA) is 34.5 Å². The van der Waals surface area contributed by atoms with Gasteiger partial charge >= 0.3 is 0 Å². The third kappa shape index (κ3) is 3.13. The molecule has 4 heteroatoms. The van der Waals surface area contributed by atoms with Gasteiger partial charge in [0.1, 0.15) is 0 Å². The molecule has 1 aromatic rings. The molecule has 1 fully saturated rings. The highest BCUT2D eigenvalue weighted by Gasteiger charge is 2.22. The van der Waals surface area contributed by atoms with Crippen LogP contribution in [0.2, 0.25) is 0 Å². The molecule has 2 rings (SSSR count). The third-order valence-corrected chi connectivity index (χ3v) is 3.59. The molecule has 1 aromatic heterocycles. The Balaban J connectivity index is 1.82. The van der Waals surface area contributed by atoms with E-state index in [0.29, 0.717) is 13.0 Å². The molecule has 1 saturated heterocycles. The van der Waals surface area contributed by atoms with Crippen molar-refractivity contribution in [2.75, 3.05) is 19.7 Å². The second-order valence-electron chi connectivity index (χ2n) is 4.85. The quantitative estimate of drug-likeness (QED) is 0.813. The molecule has 1 atom stereocenters. The minimum atomic E-state index is 0.220. The molecule has 0 saturated carbocycles. The van der Waals surface area contributed by atoms with Crippen molar-refractivity contribution in [2.45, 2.75) is 32.3 Å². The lowest BCUT2D eigenvalue weighted by atomic mass is 10.2. The Morgan fingerprint density at radius 3 is 3.06 bits per heavy atom. The molecule has 0 bridgehead atoms. The molecule has 1 aliphatic rings. The molecule has 1 aliphatic heterocycles. The Kier molecular flexibility index (Phi) is 4.42. The van der Waals surface area contributed by atoms with Crippen LogP contribution in [0.3, 0.4) is 0 Å². The number of carbonyl (C=O) groups is 1. The average Bonchev–Trinajstić information content (AvgIpc) is 2.81. The van der Waals surface area contributed by atoms with Crippen LogP contribution in [0.5, 0.6) is 0 Å². The van der Waals surface area contributed by atoms with Gasteiger partial charge in [-0.2, -0.15) is 0 Å². The first-order valence-electron chi connectivity index (χ1n) is 6.70. The molecule has 0 radical (unpaired) electrons. The summed E-state index contributed by atoms with van der Waals surface area (Å²) in [5, 5.41) is 0. The fraction of sp³-hybridized carbons (Fsp3) is 0.643. The molecular weight excluding hydrogens is 228 g/mol. The van der Waals surface area contributed by atoms with E-state index in [1.807, 2.05) is 24.2 Å². The van der Waals surface area contributed by atoms with Crippen LogP contribution < -0.4 is 0 Å². The van der Waals surface area contributed by atoms with E-state index in [4.69, 9.17) is 4.74 Å². The summed E-state index contributed by atoms with van der Waals surface area (Å²) < 4.78 is 7.65. The SMILES string of the molecule is CC[C@@H]1CN(C(=O)CCc2cccn2C)CCO1. The smallest absolute Gasteiger partial charge is 0.223 e. The molecular formula is C14H22N2O2. The molecule has 18 heavy (non-hydrogen) atoms. The lowest BCUT2D eigenvalue weighted by Crippen LogP contribution is -2.45. The maximum Gasteiger partial charge on any atom is 0.223 e. The predicted molar refractivity (Wildman–Crippen MR) is 70.3 cm³/mol. The van der Waals surface area contributed by atoms with Gasteiger partial charge in [0.25, 0.3) is 0 Å². The second kappa shape index (κ2) is 6.05. The summed E-state index contributed by atoms with van der Waals surface area (Å²) >= 11 is 0. The maximum absolute atomic E-state index is 12.1. The van der Waals surface area contributed by atoms with Crippen molar-refractivity contribution in [1.29, 1.82) is 0 Å². The number of carbonyl (C=O) groups excluding carboxylic acids is 1. The van der Waals surface area contributed by atoms with Crippen LogP contribution in [0.4, 0.5) is 0 Å². The van der Waals surface area contributed by atoms with E-state index in [1.54, 1.807) is 0 Å². The van der Waals surface area contributed by atoms with Gasteiger partial charge in [-0.05, 0) is 25.0 Å². The first kappa shape index (κ1) is 13.1. The fourth-order valence-electron chi connectivity index (χ4n) is 2.34. The molecule has 0 N–H and O–H groups in total. The minimum absolute atomic E-state index is 0.220. The summed E-state index contributed by atoms with van der Waals surface area (Å²) in [6, 6.07) is 4.09. The van der Waals surface area contributed by atoms with Crippen molar-refractivity contribution in [3.05, 3.63) is 24.0 Å². The molecule has 0 aliphatic carbocycles. The van der Waals surface area contributed by atoms with Gasteiger partial charge in [-0.15, -0.1) is 0 Å². The van der Waals surface area contributed by atoms with E-state index in [-0.39, 0.29) is 12.0 Å². The number of hydrogen-bond donors (Lipinski definition) is 0. The number of morpholine rings is 1. The number of aryl methyl sites for hydroxylation is 2. The Bertz CT molecular complexity index is 400. The van der Waals surface area contributed by atoms with Gasteiger partial charge in [-0.3, -0.25) is 4.79 Å². The van der Waals surface area contributed by atoms with Crippen LogP contribution in [0, 0.1) is 0 Å². The number of hydrogen-bond acceptors (Lipinski definition) is 2. The van der Waals surface area contributed by atoms with Crippen molar-refractivity contribution >= 4 is 5.91 Å². The van der Waals surface area contributed by atoms with E-state index >= 15 is 0 Å². The Hall–Kier alpha value is -1.29. The minimum Gasteiger partial charge on any atom is -0.375 e.